The Balaban J connectivity index is 1.70. The highest BCUT2D eigenvalue weighted by atomic mass is 32.2. The summed E-state index contributed by atoms with van der Waals surface area (Å²) in [7, 11) is 0. The summed E-state index contributed by atoms with van der Waals surface area (Å²) in [5, 5.41) is 21.4. The maximum Gasteiger partial charge on any atom is 0.305 e. The summed E-state index contributed by atoms with van der Waals surface area (Å²) >= 11 is 1.97. The van der Waals surface area contributed by atoms with Crippen molar-refractivity contribution in [3.8, 4) is 5.75 Å². The third kappa shape index (κ3) is 2.96. The van der Waals surface area contributed by atoms with Crippen molar-refractivity contribution in [1.29, 1.82) is 0 Å². The minimum Gasteiger partial charge on any atom is -0.508 e. The molecule has 3 aromatic rings. The second-order valence-corrected chi connectivity index (χ2v) is 9.26. The Kier molecular flexibility index (Phi) is 4.45. The van der Waals surface area contributed by atoms with E-state index in [1.807, 2.05) is 0 Å². The zero-order valence-electron chi connectivity index (χ0n) is 15.6. The third-order valence-corrected chi connectivity index (χ3v) is 7.80. The number of thioether (sulfide) groups is 1. The maximum absolute atomic E-state index is 13.5. The number of anilines is 1. The van der Waals surface area contributed by atoms with Crippen LogP contribution in [0.15, 0.2) is 58.4 Å². The number of non-ortho nitro benzene ring substituents is 1. The molecule has 2 aliphatic rings. The lowest BCUT2D eigenvalue weighted by Crippen LogP contribution is -2.32. The first-order valence-electron chi connectivity index (χ1n) is 9.16. The molecule has 3 heterocycles. The van der Waals surface area contributed by atoms with Crippen LogP contribution in [0, 0.1) is 16.0 Å². The number of aromatic amines is 1. The molecular formula is C20H13N3O6S2. The van der Waals surface area contributed by atoms with Crippen LogP contribution in [0.25, 0.3) is 0 Å². The normalized spacial score (nSPS) is 22.3. The molecule has 3 atom stereocenters. The molecule has 1 fully saturated rings. The average molecular weight is 455 g/mol. The number of amides is 2. The van der Waals surface area contributed by atoms with E-state index in [9.17, 15) is 29.6 Å². The number of nitrogens with one attached hydrogen (secondary N) is 1. The molecular weight excluding hydrogens is 442 g/mol. The molecule has 1 aromatic heterocycles. The maximum atomic E-state index is 13.5. The Morgan fingerprint density at radius 2 is 1.81 bits per heavy atom. The van der Waals surface area contributed by atoms with Crippen molar-refractivity contribution in [2.45, 2.75) is 16.2 Å². The van der Waals surface area contributed by atoms with Gasteiger partial charge in [0, 0.05) is 28.5 Å². The Hall–Kier alpha value is -3.44. The van der Waals surface area contributed by atoms with Gasteiger partial charge in [0.15, 0.2) is 0 Å². The number of aromatic hydroxyl groups is 1. The van der Waals surface area contributed by atoms with Crippen LogP contribution < -0.4 is 9.77 Å². The number of phenolic OH excluding ortho intramolecular Hbond substituents is 1. The van der Waals surface area contributed by atoms with Crippen molar-refractivity contribution in [2.75, 3.05) is 4.90 Å². The number of carbonyl (C=O) groups is 2. The molecule has 2 aliphatic heterocycles. The molecule has 0 spiro atoms. The summed E-state index contributed by atoms with van der Waals surface area (Å²) in [5.41, 5.74) is 0.298. The SMILES string of the molecule is O=C1[C@@H]2[C@@H](c3cc([N+](=O)[O-])ccc3O)c3sc(=O)[nH]c3S[C@@H]2C(=O)N1c1ccccc1. The first-order valence-corrected chi connectivity index (χ1v) is 10.9. The zero-order valence-corrected chi connectivity index (χ0v) is 17.2. The van der Waals surface area contributed by atoms with Gasteiger partial charge < -0.3 is 10.1 Å². The molecule has 5 rings (SSSR count). The van der Waals surface area contributed by atoms with Gasteiger partial charge in [-0.2, -0.15) is 0 Å². The number of nitro groups is 1. The molecule has 1 saturated heterocycles. The Bertz CT molecular complexity index is 1300. The summed E-state index contributed by atoms with van der Waals surface area (Å²) in [6.45, 7) is 0. The van der Waals surface area contributed by atoms with Crippen LogP contribution >= 0.6 is 23.1 Å². The van der Waals surface area contributed by atoms with Gasteiger partial charge in [-0.3, -0.25) is 24.5 Å². The second kappa shape index (κ2) is 7.06. The highest BCUT2D eigenvalue weighted by molar-refractivity contribution is 8.00. The van der Waals surface area contributed by atoms with Gasteiger partial charge in [0.05, 0.1) is 21.6 Å². The van der Waals surface area contributed by atoms with Crippen LogP contribution in [0.5, 0.6) is 5.75 Å². The summed E-state index contributed by atoms with van der Waals surface area (Å²) in [4.78, 5) is 53.4. The van der Waals surface area contributed by atoms with Crippen LogP contribution in [0.3, 0.4) is 0 Å². The molecule has 31 heavy (non-hydrogen) atoms. The van der Waals surface area contributed by atoms with E-state index in [-0.39, 0.29) is 21.9 Å². The number of phenols is 1. The predicted molar refractivity (Wildman–Crippen MR) is 114 cm³/mol. The highest BCUT2D eigenvalue weighted by Crippen LogP contribution is 2.54. The molecule has 0 saturated carbocycles. The topological polar surface area (TPSA) is 134 Å². The molecule has 2 N–H and O–H groups in total. The van der Waals surface area contributed by atoms with E-state index in [1.165, 1.54) is 12.1 Å². The van der Waals surface area contributed by atoms with E-state index >= 15 is 0 Å². The van der Waals surface area contributed by atoms with E-state index in [0.717, 1.165) is 34.1 Å². The van der Waals surface area contributed by atoms with Crippen molar-refractivity contribution in [1.82, 2.24) is 4.98 Å². The van der Waals surface area contributed by atoms with E-state index in [2.05, 4.69) is 4.98 Å². The number of nitrogens with zero attached hydrogens (tertiary/aromatic N) is 2. The van der Waals surface area contributed by atoms with Crippen molar-refractivity contribution >= 4 is 46.3 Å². The van der Waals surface area contributed by atoms with Gasteiger partial charge in [-0.25, -0.2) is 4.90 Å². The van der Waals surface area contributed by atoms with Gasteiger partial charge in [0.25, 0.3) is 5.69 Å². The predicted octanol–water partition coefficient (Wildman–Crippen LogP) is 2.85. The molecule has 156 valence electrons. The summed E-state index contributed by atoms with van der Waals surface area (Å²) in [6.07, 6.45) is 0. The number of para-hydroxylation sites is 1. The van der Waals surface area contributed by atoms with Crippen LogP contribution in [-0.4, -0.2) is 32.1 Å². The van der Waals surface area contributed by atoms with Crippen molar-refractivity contribution < 1.29 is 19.6 Å². The molecule has 0 radical (unpaired) electrons. The number of nitro benzene ring substituents is 1. The number of aromatic nitrogens is 1. The van der Waals surface area contributed by atoms with Gasteiger partial charge in [0.2, 0.25) is 11.8 Å². The third-order valence-electron chi connectivity index (χ3n) is 5.40. The number of hydrogen-bond acceptors (Lipinski definition) is 8. The van der Waals surface area contributed by atoms with Crippen molar-refractivity contribution in [2.24, 2.45) is 5.92 Å². The minimum atomic E-state index is -0.926. The van der Waals surface area contributed by atoms with Crippen LogP contribution in [0.2, 0.25) is 0 Å². The fourth-order valence-electron chi connectivity index (χ4n) is 4.09. The van der Waals surface area contributed by atoms with Gasteiger partial charge >= 0.3 is 4.87 Å². The molecule has 11 heteroatoms. The molecule has 0 unspecified atom stereocenters. The van der Waals surface area contributed by atoms with E-state index in [4.69, 9.17) is 0 Å². The first kappa shape index (κ1) is 19.5. The van der Waals surface area contributed by atoms with Crippen LogP contribution in [-0.2, 0) is 9.59 Å². The van der Waals surface area contributed by atoms with Gasteiger partial charge in [-0.05, 0) is 18.2 Å². The fourth-order valence-corrected chi connectivity index (χ4v) is 6.59. The Labute approximate surface area is 182 Å². The number of hydrogen-bond donors (Lipinski definition) is 2. The second-order valence-electron chi connectivity index (χ2n) is 7.10. The lowest BCUT2D eigenvalue weighted by Gasteiger charge is -2.30. The lowest BCUT2D eigenvalue weighted by molar-refractivity contribution is -0.385. The highest BCUT2D eigenvalue weighted by Gasteiger charge is 2.56. The number of fused-ring (bicyclic) bond motifs is 2. The molecule has 0 aliphatic carbocycles. The summed E-state index contributed by atoms with van der Waals surface area (Å²) in [5.74, 6) is -2.96. The first-order chi connectivity index (χ1) is 14.9. The molecule has 2 amide bonds. The van der Waals surface area contributed by atoms with Gasteiger partial charge in [-0.1, -0.05) is 41.3 Å². The minimum absolute atomic E-state index is 0.136. The number of imide groups is 1. The summed E-state index contributed by atoms with van der Waals surface area (Å²) in [6, 6.07) is 12.0. The van der Waals surface area contributed by atoms with E-state index in [0.29, 0.717) is 15.6 Å². The number of carbonyl (C=O) groups excluding carboxylic acids is 2. The standard InChI is InChI=1S/C20H13N3O6S2/c24-12-7-6-10(23(28)29)8-11(12)13-14-16(30-17-15(13)31-20(27)21-17)19(26)22(18(14)25)9-4-2-1-3-5-9/h1-8,13-14,16,24H,(H,21,27)/t13-,14-,16+/m1/s1. The van der Waals surface area contributed by atoms with Crippen molar-refractivity contribution in [3.63, 3.8) is 0 Å². The molecule has 0 bridgehead atoms. The van der Waals surface area contributed by atoms with Crippen LogP contribution in [0.1, 0.15) is 16.4 Å². The van der Waals surface area contributed by atoms with Gasteiger partial charge in [0.1, 0.15) is 11.0 Å². The zero-order chi connectivity index (χ0) is 21.9. The Morgan fingerprint density at radius 3 is 2.52 bits per heavy atom. The lowest BCUT2D eigenvalue weighted by atomic mass is 9.82. The smallest absolute Gasteiger partial charge is 0.305 e. The monoisotopic (exact) mass is 455 g/mol. The number of H-pyrrole nitrogens is 1. The van der Waals surface area contributed by atoms with Gasteiger partial charge in [-0.15, -0.1) is 0 Å². The largest absolute Gasteiger partial charge is 0.508 e. The number of benzene rings is 2. The average Bonchev–Trinajstić information content (AvgIpc) is 3.24. The number of rotatable bonds is 3. The molecule has 9 nitrogen and oxygen atoms in total. The summed E-state index contributed by atoms with van der Waals surface area (Å²) < 4.78 is 0. The quantitative estimate of drug-likeness (QED) is 0.352. The van der Waals surface area contributed by atoms with Crippen LogP contribution in [0.4, 0.5) is 11.4 Å². The van der Waals surface area contributed by atoms with Crippen molar-refractivity contribution in [3.05, 3.63) is 78.8 Å². The van der Waals surface area contributed by atoms with E-state index in [1.54, 1.807) is 30.3 Å². The number of thiazole rings is 1. The fraction of sp³-hybridized carbons (Fsp3) is 0.150. The van der Waals surface area contributed by atoms with E-state index < -0.39 is 33.8 Å². The molecule has 2 aromatic carbocycles. The Morgan fingerprint density at radius 1 is 1.06 bits per heavy atom.